The summed E-state index contributed by atoms with van der Waals surface area (Å²) >= 11 is 1.41. The van der Waals surface area contributed by atoms with E-state index in [-0.39, 0.29) is 11.0 Å². The molecule has 0 radical (unpaired) electrons. The summed E-state index contributed by atoms with van der Waals surface area (Å²) in [5, 5.41) is 6.12. The largest absolute Gasteiger partial charge is 0.325 e. The molecule has 1 aliphatic rings. The highest BCUT2D eigenvalue weighted by molar-refractivity contribution is 7.03. The molecule has 1 aromatic heterocycles. The fourth-order valence-corrected chi connectivity index (χ4v) is 2.28. The lowest BCUT2D eigenvalue weighted by molar-refractivity contribution is 0.383. The summed E-state index contributed by atoms with van der Waals surface area (Å²) in [6.45, 7) is 4.14. The lowest BCUT2D eigenvalue weighted by Crippen LogP contribution is -2.45. The van der Waals surface area contributed by atoms with Gasteiger partial charge in [0.2, 0.25) is 0 Å². The second-order valence-corrected chi connectivity index (χ2v) is 4.70. The molecule has 0 saturated heterocycles. The van der Waals surface area contributed by atoms with Gasteiger partial charge in [0.25, 0.3) is 0 Å². The first kappa shape index (κ1) is 8.13. The van der Waals surface area contributed by atoms with Gasteiger partial charge in [0.05, 0.1) is 5.69 Å². The molecule has 2 N–H and O–H groups in total. The normalized spacial score (nSPS) is 20.9. The molecule has 1 saturated carbocycles. The molecule has 66 valence electrons. The second kappa shape index (κ2) is 2.26. The molecule has 0 aliphatic heterocycles. The van der Waals surface area contributed by atoms with E-state index < -0.39 is 0 Å². The molecule has 0 atom stereocenters. The monoisotopic (exact) mass is 183 g/mol. The van der Waals surface area contributed by atoms with Crippen molar-refractivity contribution < 1.29 is 0 Å². The minimum atomic E-state index is -0.164. The number of aromatic nitrogens is 2. The highest BCUT2D eigenvalue weighted by atomic mass is 32.1. The van der Waals surface area contributed by atoms with Crippen LogP contribution in [0.4, 0.5) is 0 Å². The van der Waals surface area contributed by atoms with Crippen molar-refractivity contribution in [1.29, 1.82) is 0 Å². The van der Waals surface area contributed by atoms with Gasteiger partial charge in [-0.2, -0.15) is 0 Å². The number of hydrogen-bond donors (Lipinski definition) is 1. The molecular weight excluding hydrogens is 170 g/mol. The van der Waals surface area contributed by atoms with Crippen LogP contribution in [-0.2, 0) is 5.41 Å². The lowest BCUT2D eigenvalue weighted by Gasteiger charge is -2.28. The zero-order valence-electron chi connectivity index (χ0n) is 7.37. The van der Waals surface area contributed by atoms with Crippen molar-refractivity contribution in [2.75, 3.05) is 0 Å². The van der Waals surface area contributed by atoms with Crippen molar-refractivity contribution >= 4 is 11.5 Å². The first-order valence-electron chi connectivity index (χ1n) is 4.13. The van der Waals surface area contributed by atoms with Crippen LogP contribution < -0.4 is 5.73 Å². The van der Waals surface area contributed by atoms with Gasteiger partial charge in [-0.3, -0.25) is 0 Å². The van der Waals surface area contributed by atoms with E-state index in [2.05, 4.69) is 23.4 Å². The maximum absolute atomic E-state index is 6.10. The molecule has 0 amide bonds. The van der Waals surface area contributed by atoms with Gasteiger partial charge in [0.15, 0.2) is 0 Å². The lowest BCUT2D eigenvalue weighted by atomic mass is 9.83. The third-order valence-corrected chi connectivity index (χ3v) is 3.34. The first-order valence-corrected chi connectivity index (χ1v) is 4.96. The highest BCUT2D eigenvalue weighted by Gasteiger charge is 2.55. The van der Waals surface area contributed by atoms with Crippen LogP contribution in [0.1, 0.15) is 32.4 Å². The number of hydrogen-bond acceptors (Lipinski definition) is 4. The number of rotatable bonds is 2. The average Bonchev–Trinajstić information content (AvgIpc) is 2.61. The average molecular weight is 183 g/mol. The number of nitrogens with two attached hydrogens (primary N) is 1. The molecule has 0 unspecified atom stereocenters. The Bertz CT molecular complexity index is 269. The van der Waals surface area contributed by atoms with E-state index in [9.17, 15) is 0 Å². The molecule has 1 aromatic rings. The fourth-order valence-electron chi connectivity index (χ4n) is 1.73. The summed E-state index contributed by atoms with van der Waals surface area (Å²) in [5.74, 6) is 0. The summed E-state index contributed by atoms with van der Waals surface area (Å²) in [7, 11) is 0. The maximum atomic E-state index is 6.10. The van der Waals surface area contributed by atoms with Crippen LogP contribution in [0.3, 0.4) is 0 Å². The Morgan fingerprint density at radius 3 is 2.58 bits per heavy atom. The molecule has 3 nitrogen and oxygen atoms in total. The summed E-state index contributed by atoms with van der Waals surface area (Å²) in [6.07, 6.45) is 2.31. The maximum Gasteiger partial charge on any atom is 0.0835 e. The van der Waals surface area contributed by atoms with Crippen molar-refractivity contribution in [3.8, 4) is 0 Å². The molecular formula is C8H13N3S. The Balaban J connectivity index is 2.35. The van der Waals surface area contributed by atoms with Crippen LogP contribution in [-0.4, -0.2) is 15.1 Å². The van der Waals surface area contributed by atoms with E-state index in [0.29, 0.717) is 0 Å². The molecule has 1 heterocycles. The van der Waals surface area contributed by atoms with Crippen molar-refractivity contribution in [3.05, 3.63) is 11.1 Å². The van der Waals surface area contributed by atoms with Crippen LogP contribution in [0.15, 0.2) is 5.38 Å². The second-order valence-electron chi connectivity index (χ2n) is 4.09. The van der Waals surface area contributed by atoms with Gasteiger partial charge in [-0.15, -0.1) is 5.10 Å². The topological polar surface area (TPSA) is 51.8 Å². The van der Waals surface area contributed by atoms with Gasteiger partial charge in [0.1, 0.15) is 0 Å². The molecule has 0 bridgehead atoms. The van der Waals surface area contributed by atoms with E-state index in [0.717, 1.165) is 18.5 Å². The Morgan fingerprint density at radius 2 is 2.25 bits per heavy atom. The zero-order chi connectivity index (χ0) is 8.82. The first-order chi connectivity index (χ1) is 5.56. The molecule has 4 heteroatoms. The highest BCUT2D eigenvalue weighted by Crippen LogP contribution is 2.54. The van der Waals surface area contributed by atoms with Crippen molar-refractivity contribution in [1.82, 2.24) is 9.59 Å². The van der Waals surface area contributed by atoms with Crippen LogP contribution in [0, 0.1) is 0 Å². The molecule has 1 fully saturated rings. The molecule has 0 aromatic carbocycles. The zero-order valence-corrected chi connectivity index (χ0v) is 8.19. The Morgan fingerprint density at radius 1 is 1.58 bits per heavy atom. The molecule has 0 spiro atoms. The van der Waals surface area contributed by atoms with E-state index in [1.807, 2.05) is 5.38 Å². The van der Waals surface area contributed by atoms with Crippen LogP contribution >= 0.6 is 11.5 Å². The van der Waals surface area contributed by atoms with Gasteiger partial charge < -0.3 is 5.73 Å². The summed E-state index contributed by atoms with van der Waals surface area (Å²) in [5.41, 5.74) is 7.15. The third kappa shape index (κ3) is 0.983. The van der Waals surface area contributed by atoms with Crippen LogP contribution in [0.2, 0.25) is 0 Å². The van der Waals surface area contributed by atoms with Gasteiger partial charge in [-0.05, 0) is 38.2 Å². The minimum absolute atomic E-state index is 0.125. The quantitative estimate of drug-likeness (QED) is 0.752. The third-order valence-electron chi connectivity index (χ3n) is 2.83. The van der Waals surface area contributed by atoms with Gasteiger partial charge in [0, 0.05) is 16.3 Å². The Labute approximate surface area is 76.1 Å². The Hall–Kier alpha value is -0.480. The van der Waals surface area contributed by atoms with Crippen molar-refractivity contribution in [2.45, 2.75) is 37.6 Å². The van der Waals surface area contributed by atoms with Gasteiger partial charge in [-0.25, -0.2) is 0 Å². The van der Waals surface area contributed by atoms with Gasteiger partial charge >= 0.3 is 0 Å². The smallest absolute Gasteiger partial charge is 0.0835 e. The SMILES string of the molecule is CC(C)(N)C1(c2csnn2)CC1. The standard InChI is InChI=1S/C8H13N3S/c1-7(2,9)8(3-4-8)6-5-12-11-10-6/h5H,3-4,9H2,1-2H3. The van der Waals surface area contributed by atoms with E-state index in [4.69, 9.17) is 5.73 Å². The molecule has 1 aliphatic carbocycles. The predicted molar refractivity (Wildman–Crippen MR) is 49.1 cm³/mol. The molecule has 2 rings (SSSR count). The fraction of sp³-hybridized carbons (Fsp3) is 0.750. The van der Waals surface area contributed by atoms with Crippen LogP contribution in [0.5, 0.6) is 0 Å². The van der Waals surface area contributed by atoms with Gasteiger partial charge in [-0.1, -0.05) is 4.49 Å². The van der Waals surface area contributed by atoms with E-state index in [1.165, 1.54) is 11.5 Å². The van der Waals surface area contributed by atoms with Crippen molar-refractivity contribution in [2.24, 2.45) is 5.73 Å². The van der Waals surface area contributed by atoms with Crippen LogP contribution in [0.25, 0.3) is 0 Å². The summed E-state index contributed by atoms with van der Waals surface area (Å²) < 4.78 is 3.88. The number of nitrogens with zero attached hydrogens (tertiary/aromatic N) is 2. The van der Waals surface area contributed by atoms with E-state index in [1.54, 1.807) is 0 Å². The van der Waals surface area contributed by atoms with Crippen molar-refractivity contribution in [3.63, 3.8) is 0 Å². The Kier molecular flexibility index (Phi) is 1.53. The minimum Gasteiger partial charge on any atom is -0.325 e. The predicted octanol–water partition coefficient (Wildman–Crippen LogP) is 1.31. The summed E-state index contributed by atoms with van der Waals surface area (Å²) in [6, 6.07) is 0. The summed E-state index contributed by atoms with van der Waals surface area (Å²) in [4.78, 5) is 0. The van der Waals surface area contributed by atoms with E-state index >= 15 is 0 Å². The molecule has 12 heavy (non-hydrogen) atoms.